The van der Waals surface area contributed by atoms with Crippen molar-refractivity contribution in [3.8, 4) is 11.1 Å². The minimum Gasteiger partial charge on any atom is -0.372 e. The second-order valence-corrected chi connectivity index (χ2v) is 7.02. The lowest BCUT2D eigenvalue weighted by Gasteiger charge is -2.23. The second kappa shape index (κ2) is 8.13. The molecule has 0 fully saturated rings. The molecule has 23 heavy (non-hydrogen) atoms. The molecule has 2 aromatic carbocycles. The first kappa shape index (κ1) is 17.5. The molecule has 0 amide bonds. The standard InChI is InChI=1S/C18H23NO3S/c1-3-19(14-7-15-22-23(2,20)21)18-12-10-17(11-13-18)16-8-5-4-6-9-16/h4-6,8-13H,3,7,14-15H2,1-2H3. The summed E-state index contributed by atoms with van der Waals surface area (Å²) < 4.78 is 26.7. The molecule has 0 spiro atoms. The Balaban J connectivity index is 1.96. The van der Waals surface area contributed by atoms with E-state index in [1.54, 1.807) is 0 Å². The normalized spacial score (nSPS) is 11.4. The molecule has 2 rings (SSSR count). The van der Waals surface area contributed by atoms with Crippen LogP contribution in [0.4, 0.5) is 5.69 Å². The molecule has 0 aliphatic carbocycles. The van der Waals surface area contributed by atoms with Gasteiger partial charge in [0.25, 0.3) is 10.1 Å². The van der Waals surface area contributed by atoms with Gasteiger partial charge in [0, 0.05) is 18.8 Å². The molecule has 0 aliphatic rings. The SMILES string of the molecule is CCN(CCCOS(C)(=O)=O)c1ccc(-c2ccccc2)cc1. The average Bonchev–Trinajstić information content (AvgIpc) is 2.55. The molecule has 0 unspecified atom stereocenters. The Morgan fingerprint density at radius 2 is 1.57 bits per heavy atom. The second-order valence-electron chi connectivity index (χ2n) is 5.37. The number of hydrogen-bond acceptors (Lipinski definition) is 4. The monoisotopic (exact) mass is 333 g/mol. The van der Waals surface area contributed by atoms with Gasteiger partial charge in [-0.1, -0.05) is 42.5 Å². The highest BCUT2D eigenvalue weighted by molar-refractivity contribution is 7.85. The van der Waals surface area contributed by atoms with E-state index >= 15 is 0 Å². The van der Waals surface area contributed by atoms with Crippen LogP contribution in [0.15, 0.2) is 54.6 Å². The molecular weight excluding hydrogens is 310 g/mol. The van der Waals surface area contributed by atoms with Crippen LogP contribution in [0.25, 0.3) is 11.1 Å². The molecule has 0 saturated carbocycles. The highest BCUT2D eigenvalue weighted by Gasteiger charge is 2.06. The first-order chi connectivity index (χ1) is 11.0. The summed E-state index contributed by atoms with van der Waals surface area (Å²) in [7, 11) is -3.35. The fourth-order valence-corrected chi connectivity index (χ4v) is 2.85. The van der Waals surface area contributed by atoms with Crippen molar-refractivity contribution in [2.75, 3.05) is 30.9 Å². The van der Waals surface area contributed by atoms with Crippen LogP contribution >= 0.6 is 0 Å². The van der Waals surface area contributed by atoms with Crippen LogP contribution in [0, 0.1) is 0 Å². The molecule has 0 radical (unpaired) electrons. The van der Waals surface area contributed by atoms with Crippen molar-refractivity contribution in [1.29, 1.82) is 0 Å². The van der Waals surface area contributed by atoms with Crippen LogP contribution in [-0.4, -0.2) is 34.4 Å². The van der Waals surface area contributed by atoms with Crippen LogP contribution in [0.2, 0.25) is 0 Å². The summed E-state index contributed by atoms with van der Waals surface area (Å²) in [4.78, 5) is 2.21. The Morgan fingerprint density at radius 1 is 0.957 bits per heavy atom. The van der Waals surface area contributed by atoms with Gasteiger partial charge >= 0.3 is 0 Å². The molecule has 0 aliphatic heterocycles. The van der Waals surface area contributed by atoms with Gasteiger partial charge in [-0.25, -0.2) is 0 Å². The number of anilines is 1. The summed E-state index contributed by atoms with van der Waals surface area (Å²) in [6.07, 6.45) is 1.74. The molecule has 5 heteroatoms. The van der Waals surface area contributed by atoms with Crippen molar-refractivity contribution in [3.05, 3.63) is 54.6 Å². The summed E-state index contributed by atoms with van der Waals surface area (Å²) in [6, 6.07) is 18.7. The van der Waals surface area contributed by atoms with Crippen LogP contribution in [0.5, 0.6) is 0 Å². The maximum Gasteiger partial charge on any atom is 0.264 e. The van der Waals surface area contributed by atoms with E-state index in [-0.39, 0.29) is 6.61 Å². The zero-order valence-corrected chi connectivity index (χ0v) is 14.4. The molecule has 0 bridgehead atoms. The van der Waals surface area contributed by atoms with Crippen molar-refractivity contribution < 1.29 is 12.6 Å². The Kier molecular flexibility index (Phi) is 6.19. The molecule has 2 aromatic rings. The lowest BCUT2D eigenvalue weighted by atomic mass is 10.1. The third kappa shape index (κ3) is 5.69. The highest BCUT2D eigenvalue weighted by atomic mass is 32.2. The van der Waals surface area contributed by atoms with E-state index in [9.17, 15) is 8.42 Å². The first-order valence-electron chi connectivity index (χ1n) is 7.74. The zero-order chi connectivity index (χ0) is 16.7. The highest BCUT2D eigenvalue weighted by Crippen LogP contribution is 2.23. The first-order valence-corrected chi connectivity index (χ1v) is 9.56. The minimum absolute atomic E-state index is 0.220. The molecule has 4 nitrogen and oxygen atoms in total. The molecule has 0 aromatic heterocycles. The smallest absolute Gasteiger partial charge is 0.264 e. The largest absolute Gasteiger partial charge is 0.372 e. The Hall–Kier alpha value is -1.85. The third-order valence-corrected chi connectivity index (χ3v) is 4.19. The van der Waals surface area contributed by atoms with E-state index in [0.717, 1.165) is 25.0 Å². The van der Waals surface area contributed by atoms with Crippen molar-refractivity contribution in [3.63, 3.8) is 0 Å². The van der Waals surface area contributed by atoms with Gasteiger partial charge in [0.15, 0.2) is 0 Å². The van der Waals surface area contributed by atoms with Crippen LogP contribution < -0.4 is 4.90 Å². The van der Waals surface area contributed by atoms with Crippen molar-refractivity contribution in [1.82, 2.24) is 0 Å². The van der Waals surface area contributed by atoms with E-state index in [4.69, 9.17) is 4.18 Å². The van der Waals surface area contributed by atoms with Gasteiger partial charge < -0.3 is 4.90 Å². The van der Waals surface area contributed by atoms with Crippen LogP contribution in [0.3, 0.4) is 0 Å². The van der Waals surface area contributed by atoms with Crippen molar-refractivity contribution in [2.24, 2.45) is 0 Å². The van der Waals surface area contributed by atoms with Crippen LogP contribution in [0.1, 0.15) is 13.3 Å². The van der Waals surface area contributed by atoms with Gasteiger partial charge in [0.1, 0.15) is 0 Å². The number of benzene rings is 2. The molecule has 124 valence electrons. The molecule has 0 saturated heterocycles. The summed E-state index contributed by atoms with van der Waals surface area (Å²) in [6.45, 7) is 3.93. The lowest BCUT2D eigenvalue weighted by Crippen LogP contribution is -2.25. The fraction of sp³-hybridized carbons (Fsp3) is 0.333. The van der Waals surface area contributed by atoms with Gasteiger partial charge in [-0.3, -0.25) is 4.18 Å². The van der Waals surface area contributed by atoms with Gasteiger partial charge in [0.2, 0.25) is 0 Å². The summed E-state index contributed by atoms with van der Waals surface area (Å²) in [5, 5.41) is 0. The maximum absolute atomic E-state index is 11.0. The number of hydrogen-bond donors (Lipinski definition) is 0. The van der Waals surface area contributed by atoms with E-state index < -0.39 is 10.1 Å². The Morgan fingerprint density at radius 3 is 2.13 bits per heavy atom. The Labute approximate surface area is 138 Å². The van der Waals surface area contributed by atoms with Gasteiger partial charge in [-0.05, 0) is 36.6 Å². The fourth-order valence-electron chi connectivity index (χ4n) is 2.43. The van der Waals surface area contributed by atoms with Crippen LogP contribution in [-0.2, 0) is 14.3 Å². The maximum atomic E-state index is 11.0. The lowest BCUT2D eigenvalue weighted by molar-refractivity contribution is 0.316. The van der Waals surface area contributed by atoms with Gasteiger partial charge in [0.05, 0.1) is 12.9 Å². The summed E-state index contributed by atoms with van der Waals surface area (Å²) in [5.41, 5.74) is 3.51. The van der Waals surface area contributed by atoms with Gasteiger partial charge in [-0.15, -0.1) is 0 Å². The van der Waals surface area contributed by atoms with E-state index in [1.807, 2.05) is 18.2 Å². The average molecular weight is 333 g/mol. The Bertz CT molecular complexity index is 697. The van der Waals surface area contributed by atoms with Crippen molar-refractivity contribution >= 4 is 15.8 Å². The van der Waals surface area contributed by atoms with E-state index in [2.05, 4.69) is 48.2 Å². The molecular formula is C18H23NO3S. The summed E-state index contributed by atoms with van der Waals surface area (Å²) >= 11 is 0. The minimum atomic E-state index is -3.35. The third-order valence-electron chi connectivity index (χ3n) is 3.59. The topological polar surface area (TPSA) is 46.6 Å². The van der Waals surface area contributed by atoms with E-state index in [1.165, 1.54) is 11.1 Å². The molecule has 0 atom stereocenters. The summed E-state index contributed by atoms with van der Waals surface area (Å²) in [5.74, 6) is 0. The predicted molar refractivity (Wildman–Crippen MR) is 95.2 cm³/mol. The van der Waals surface area contributed by atoms with Gasteiger partial charge in [-0.2, -0.15) is 8.42 Å². The molecule has 0 heterocycles. The molecule has 0 N–H and O–H groups in total. The quantitative estimate of drug-likeness (QED) is 0.547. The predicted octanol–water partition coefficient (Wildman–Crippen LogP) is 3.55. The number of rotatable bonds is 8. The van der Waals surface area contributed by atoms with E-state index in [0.29, 0.717) is 6.42 Å². The van der Waals surface area contributed by atoms with Crippen molar-refractivity contribution in [2.45, 2.75) is 13.3 Å². The number of nitrogens with zero attached hydrogens (tertiary/aromatic N) is 1. The zero-order valence-electron chi connectivity index (χ0n) is 13.6.